The van der Waals surface area contributed by atoms with E-state index in [1.54, 1.807) is 12.1 Å². The van der Waals surface area contributed by atoms with E-state index in [9.17, 15) is 4.39 Å². The van der Waals surface area contributed by atoms with Gasteiger partial charge in [-0.2, -0.15) is 0 Å². The summed E-state index contributed by atoms with van der Waals surface area (Å²) < 4.78 is 18.8. The molecule has 21 heavy (non-hydrogen) atoms. The molecule has 0 saturated heterocycles. The van der Waals surface area contributed by atoms with Gasteiger partial charge in [-0.1, -0.05) is 35.9 Å². The molecule has 1 atom stereocenters. The maximum absolute atomic E-state index is 13.8. The molecule has 2 aromatic rings. The average molecular weight is 287 g/mol. The van der Waals surface area contributed by atoms with Gasteiger partial charge < -0.3 is 10.1 Å². The molecule has 0 fully saturated rings. The summed E-state index contributed by atoms with van der Waals surface area (Å²) in [4.78, 5) is 0. The highest BCUT2D eigenvalue weighted by atomic mass is 19.1. The molecule has 1 N–H and O–H groups in total. The van der Waals surface area contributed by atoms with Crippen LogP contribution in [0.3, 0.4) is 0 Å². The van der Waals surface area contributed by atoms with E-state index in [0.29, 0.717) is 11.7 Å². The second kappa shape index (κ2) is 7.23. The number of likely N-dealkylation sites (N-methyl/N-ethyl adjacent to an activating group) is 1. The summed E-state index contributed by atoms with van der Waals surface area (Å²) in [5, 5.41) is 3.22. The Labute approximate surface area is 126 Å². The number of methoxy groups -OCH3 is 1. The molecule has 0 amide bonds. The molecule has 0 saturated carbocycles. The first-order valence-corrected chi connectivity index (χ1v) is 7.17. The summed E-state index contributed by atoms with van der Waals surface area (Å²) in [6.07, 6.45) is 0.797. The van der Waals surface area contributed by atoms with E-state index in [-0.39, 0.29) is 5.82 Å². The van der Waals surface area contributed by atoms with Crippen LogP contribution in [0.15, 0.2) is 42.5 Å². The van der Waals surface area contributed by atoms with E-state index in [2.05, 4.69) is 36.5 Å². The predicted octanol–water partition coefficient (Wildman–Crippen LogP) is 3.69. The molecule has 3 heteroatoms. The first-order valence-electron chi connectivity index (χ1n) is 7.17. The van der Waals surface area contributed by atoms with Gasteiger partial charge in [-0.15, -0.1) is 0 Å². The van der Waals surface area contributed by atoms with Crippen LogP contribution in [0, 0.1) is 12.7 Å². The molecule has 0 aliphatic carbocycles. The Morgan fingerprint density at radius 2 is 2.00 bits per heavy atom. The van der Waals surface area contributed by atoms with Gasteiger partial charge >= 0.3 is 0 Å². The van der Waals surface area contributed by atoms with Crippen molar-refractivity contribution >= 4 is 0 Å². The van der Waals surface area contributed by atoms with Crippen LogP contribution >= 0.6 is 0 Å². The Morgan fingerprint density at radius 3 is 2.62 bits per heavy atom. The minimum Gasteiger partial charge on any atom is -0.494 e. The van der Waals surface area contributed by atoms with Crippen LogP contribution in [0.4, 0.5) is 4.39 Å². The maximum atomic E-state index is 13.8. The van der Waals surface area contributed by atoms with E-state index in [4.69, 9.17) is 4.74 Å². The monoisotopic (exact) mass is 287 g/mol. The van der Waals surface area contributed by atoms with Gasteiger partial charge in [0.1, 0.15) is 0 Å². The lowest BCUT2D eigenvalue weighted by Gasteiger charge is -2.18. The molecule has 0 aliphatic heterocycles. The van der Waals surface area contributed by atoms with Gasteiger partial charge in [0, 0.05) is 12.5 Å². The third-order valence-electron chi connectivity index (χ3n) is 3.66. The van der Waals surface area contributed by atoms with Gasteiger partial charge in [0.2, 0.25) is 0 Å². The minimum absolute atomic E-state index is 0.291. The normalized spacial score (nSPS) is 12.2. The van der Waals surface area contributed by atoms with Crippen molar-refractivity contribution in [2.75, 3.05) is 20.7 Å². The summed E-state index contributed by atoms with van der Waals surface area (Å²) in [5.41, 5.74) is 3.50. The fourth-order valence-electron chi connectivity index (χ4n) is 2.60. The quantitative estimate of drug-likeness (QED) is 0.875. The Morgan fingerprint density at radius 1 is 1.19 bits per heavy atom. The van der Waals surface area contributed by atoms with Crippen molar-refractivity contribution in [2.45, 2.75) is 19.3 Å². The average Bonchev–Trinajstić information content (AvgIpc) is 2.47. The van der Waals surface area contributed by atoms with Crippen LogP contribution in [0.1, 0.15) is 22.6 Å². The zero-order valence-corrected chi connectivity index (χ0v) is 12.8. The zero-order valence-electron chi connectivity index (χ0n) is 12.8. The van der Waals surface area contributed by atoms with Gasteiger partial charge in [-0.3, -0.25) is 0 Å². The van der Waals surface area contributed by atoms with Crippen molar-refractivity contribution in [3.8, 4) is 5.75 Å². The van der Waals surface area contributed by atoms with Gasteiger partial charge in [0.25, 0.3) is 0 Å². The van der Waals surface area contributed by atoms with Crippen LogP contribution in [0.5, 0.6) is 5.75 Å². The van der Waals surface area contributed by atoms with Crippen LogP contribution < -0.4 is 10.1 Å². The number of benzene rings is 2. The fraction of sp³-hybridized carbons (Fsp3) is 0.333. The number of hydrogen-bond acceptors (Lipinski definition) is 2. The lowest BCUT2D eigenvalue weighted by atomic mass is 9.91. The predicted molar refractivity (Wildman–Crippen MR) is 84.5 cm³/mol. The minimum atomic E-state index is -0.303. The van der Waals surface area contributed by atoms with Gasteiger partial charge in [0.15, 0.2) is 11.6 Å². The maximum Gasteiger partial charge on any atom is 0.165 e. The van der Waals surface area contributed by atoms with E-state index in [0.717, 1.165) is 18.5 Å². The Balaban J connectivity index is 2.22. The molecule has 2 nitrogen and oxygen atoms in total. The highest BCUT2D eigenvalue weighted by Gasteiger charge is 2.13. The molecule has 2 rings (SSSR count). The van der Waals surface area contributed by atoms with Gasteiger partial charge in [-0.25, -0.2) is 4.39 Å². The van der Waals surface area contributed by atoms with Crippen LogP contribution in [0.2, 0.25) is 0 Å². The second-order valence-electron chi connectivity index (χ2n) is 5.34. The number of nitrogens with one attached hydrogen (secondary N) is 1. The summed E-state index contributed by atoms with van der Waals surface area (Å²) in [7, 11) is 3.42. The van der Waals surface area contributed by atoms with Crippen molar-refractivity contribution < 1.29 is 9.13 Å². The molecule has 1 unspecified atom stereocenters. The lowest BCUT2D eigenvalue weighted by molar-refractivity contribution is 0.386. The molecule has 2 aromatic carbocycles. The highest BCUT2D eigenvalue weighted by molar-refractivity contribution is 5.32. The van der Waals surface area contributed by atoms with E-state index in [1.165, 1.54) is 18.2 Å². The third-order valence-corrected chi connectivity index (χ3v) is 3.66. The zero-order chi connectivity index (χ0) is 15.2. The molecular weight excluding hydrogens is 265 g/mol. The number of aryl methyl sites for hydroxylation is 1. The summed E-state index contributed by atoms with van der Waals surface area (Å²) in [6.45, 7) is 2.95. The number of ether oxygens (including phenoxy) is 1. The van der Waals surface area contributed by atoms with Crippen LogP contribution in [-0.4, -0.2) is 20.7 Å². The molecule has 0 bridgehead atoms. The SMILES string of the molecule is CNCC(Cc1ccc(OC)c(F)c1)c1cccc(C)c1. The summed E-state index contributed by atoms with van der Waals surface area (Å²) in [6, 6.07) is 13.7. The Bertz CT molecular complexity index is 598. The van der Waals surface area contributed by atoms with Gasteiger partial charge in [0.05, 0.1) is 7.11 Å². The molecule has 0 radical (unpaired) electrons. The molecule has 0 aliphatic rings. The first-order chi connectivity index (χ1) is 10.1. The van der Waals surface area contributed by atoms with Crippen molar-refractivity contribution in [1.29, 1.82) is 0 Å². The summed E-state index contributed by atoms with van der Waals surface area (Å²) >= 11 is 0. The van der Waals surface area contributed by atoms with Crippen molar-refractivity contribution in [3.63, 3.8) is 0 Å². The van der Waals surface area contributed by atoms with Crippen molar-refractivity contribution in [3.05, 3.63) is 65.0 Å². The smallest absolute Gasteiger partial charge is 0.165 e. The van der Waals surface area contributed by atoms with Crippen molar-refractivity contribution in [2.24, 2.45) is 0 Å². The molecule has 112 valence electrons. The second-order valence-corrected chi connectivity index (χ2v) is 5.34. The first kappa shape index (κ1) is 15.5. The number of hydrogen-bond donors (Lipinski definition) is 1. The van der Waals surface area contributed by atoms with E-state index < -0.39 is 0 Å². The van der Waals surface area contributed by atoms with Crippen LogP contribution in [0.25, 0.3) is 0 Å². The summed E-state index contributed by atoms with van der Waals surface area (Å²) in [5.74, 6) is 0.310. The Hall–Kier alpha value is -1.87. The number of rotatable bonds is 6. The largest absolute Gasteiger partial charge is 0.494 e. The number of halogens is 1. The van der Waals surface area contributed by atoms with Gasteiger partial charge in [-0.05, 0) is 43.7 Å². The standard InChI is InChI=1S/C18H22FNO/c1-13-5-4-6-15(9-13)16(12-20-2)10-14-7-8-18(21-3)17(19)11-14/h4-9,11,16,20H,10,12H2,1-3H3. The molecule has 0 spiro atoms. The van der Waals surface area contributed by atoms with E-state index in [1.807, 2.05) is 13.1 Å². The Kier molecular flexibility index (Phi) is 5.34. The lowest BCUT2D eigenvalue weighted by Crippen LogP contribution is -2.19. The third kappa shape index (κ3) is 4.05. The molecular formula is C18H22FNO. The molecule has 0 aromatic heterocycles. The fourth-order valence-corrected chi connectivity index (χ4v) is 2.60. The topological polar surface area (TPSA) is 21.3 Å². The van der Waals surface area contributed by atoms with Crippen LogP contribution in [-0.2, 0) is 6.42 Å². The van der Waals surface area contributed by atoms with Crippen molar-refractivity contribution in [1.82, 2.24) is 5.32 Å². The van der Waals surface area contributed by atoms with E-state index >= 15 is 0 Å². The molecule has 0 heterocycles. The highest BCUT2D eigenvalue weighted by Crippen LogP contribution is 2.24.